The third kappa shape index (κ3) is 5.92. The van der Waals surface area contributed by atoms with E-state index in [-0.39, 0.29) is 18.4 Å². The Morgan fingerprint density at radius 1 is 1.24 bits per heavy atom. The summed E-state index contributed by atoms with van der Waals surface area (Å²) >= 11 is 0. The lowest BCUT2D eigenvalue weighted by Crippen LogP contribution is -2.41. The minimum atomic E-state index is -0.797. The SMILES string of the molecule is CC(C)(C)OC(=O)N1CCC(C[C@@H](CC(=O)O)c2cnc3ccccc3c2)CC1. The number of fused-ring (bicyclic) bond motifs is 1. The number of benzene rings is 1. The number of para-hydroxylation sites is 1. The summed E-state index contributed by atoms with van der Waals surface area (Å²) in [6, 6.07) is 9.93. The number of amides is 1. The van der Waals surface area contributed by atoms with Gasteiger partial charge in [0.2, 0.25) is 0 Å². The predicted molar refractivity (Wildman–Crippen MR) is 112 cm³/mol. The molecular weight excluding hydrogens is 368 g/mol. The van der Waals surface area contributed by atoms with Gasteiger partial charge in [0.05, 0.1) is 11.9 Å². The van der Waals surface area contributed by atoms with Crippen molar-refractivity contribution in [3.8, 4) is 0 Å². The highest BCUT2D eigenvalue weighted by Crippen LogP contribution is 2.33. The predicted octanol–water partition coefficient (Wildman–Crippen LogP) is 4.83. The highest BCUT2D eigenvalue weighted by atomic mass is 16.6. The molecule has 0 unspecified atom stereocenters. The van der Waals surface area contributed by atoms with Crippen molar-refractivity contribution in [2.75, 3.05) is 13.1 Å². The van der Waals surface area contributed by atoms with Crippen LogP contribution in [0.15, 0.2) is 36.5 Å². The van der Waals surface area contributed by atoms with Gasteiger partial charge < -0.3 is 14.7 Å². The Labute approximate surface area is 171 Å². The van der Waals surface area contributed by atoms with E-state index in [9.17, 15) is 14.7 Å². The maximum atomic E-state index is 12.3. The largest absolute Gasteiger partial charge is 0.481 e. The lowest BCUT2D eigenvalue weighted by molar-refractivity contribution is -0.137. The van der Waals surface area contributed by atoms with E-state index in [1.807, 2.05) is 51.2 Å². The zero-order chi connectivity index (χ0) is 21.0. The fourth-order valence-corrected chi connectivity index (χ4v) is 3.94. The first kappa shape index (κ1) is 21.1. The zero-order valence-electron chi connectivity index (χ0n) is 17.4. The zero-order valence-corrected chi connectivity index (χ0v) is 17.4. The molecule has 1 aliphatic rings. The molecule has 3 rings (SSSR count). The first-order valence-corrected chi connectivity index (χ1v) is 10.3. The van der Waals surface area contributed by atoms with Crippen molar-refractivity contribution in [1.82, 2.24) is 9.88 Å². The van der Waals surface area contributed by atoms with Gasteiger partial charge in [-0.3, -0.25) is 9.78 Å². The van der Waals surface area contributed by atoms with Gasteiger partial charge in [-0.05, 0) is 69.6 Å². The molecule has 0 saturated carbocycles. The molecular formula is C23H30N2O4. The van der Waals surface area contributed by atoms with Crippen LogP contribution >= 0.6 is 0 Å². The highest BCUT2D eigenvalue weighted by Gasteiger charge is 2.29. The monoisotopic (exact) mass is 398 g/mol. The lowest BCUT2D eigenvalue weighted by atomic mass is 9.82. The Morgan fingerprint density at radius 3 is 2.59 bits per heavy atom. The van der Waals surface area contributed by atoms with Crippen molar-refractivity contribution in [1.29, 1.82) is 0 Å². The Kier molecular flexibility index (Phi) is 6.40. The number of piperidine rings is 1. The molecule has 29 heavy (non-hydrogen) atoms. The third-order valence-corrected chi connectivity index (χ3v) is 5.39. The van der Waals surface area contributed by atoms with E-state index < -0.39 is 11.6 Å². The number of pyridine rings is 1. The molecule has 1 fully saturated rings. The van der Waals surface area contributed by atoms with Crippen molar-refractivity contribution in [2.45, 2.75) is 58.0 Å². The van der Waals surface area contributed by atoms with E-state index in [2.05, 4.69) is 11.1 Å². The van der Waals surface area contributed by atoms with Gasteiger partial charge in [-0.25, -0.2) is 4.79 Å². The number of carboxylic acid groups (broad SMARTS) is 1. The molecule has 0 bridgehead atoms. The molecule has 6 nitrogen and oxygen atoms in total. The van der Waals surface area contributed by atoms with Crippen LogP contribution in [0.4, 0.5) is 4.79 Å². The molecule has 1 aromatic carbocycles. The number of nitrogens with zero attached hydrogens (tertiary/aromatic N) is 2. The van der Waals surface area contributed by atoms with Crippen LogP contribution in [0.5, 0.6) is 0 Å². The number of hydrogen-bond donors (Lipinski definition) is 1. The van der Waals surface area contributed by atoms with Crippen LogP contribution in [-0.2, 0) is 9.53 Å². The van der Waals surface area contributed by atoms with Gasteiger partial charge in [0.1, 0.15) is 5.60 Å². The van der Waals surface area contributed by atoms with Gasteiger partial charge in [0.15, 0.2) is 0 Å². The summed E-state index contributed by atoms with van der Waals surface area (Å²) in [5.41, 5.74) is 1.39. The summed E-state index contributed by atoms with van der Waals surface area (Å²) < 4.78 is 5.46. The molecule has 1 aliphatic heterocycles. The molecule has 2 heterocycles. The molecule has 0 spiro atoms. The molecule has 1 saturated heterocycles. The molecule has 1 N–H and O–H groups in total. The van der Waals surface area contributed by atoms with E-state index in [1.54, 1.807) is 4.90 Å². The quantitative estimate of drug-likeness (QED) is 0.780. The fourth-order valence-electron chi connectivity index (χ4n) is 3.94. The number of hydrogen-bond acceptors (Lipinski definition) is 4. The standard InChI is InChI=1S/C23H30N2O4/c1-23(2,3)29-22(28)25-10-8-16(9-11-25)12-18(14-21(26)27)19-13-17-6-4-5-7-20(17)24-15-19/h4-7,13,15-16,18H,8-12,14H2,1-3H3,(H,26,27)/t18-/m0/s1. The smallest absolute Gasteiger partial charge is 0.410 e. The molecule has 1 amide bonds. The number of aliphatic carboxylic acids is 1. The minimum absolute atomic E-state index is 0.0808. The Morgan fingerprint density at radius 2 is 1.93 bits per heavy atom. The van der Waals surface area contributed by atoms with Crippen molar-refractivity contribution in [3.63, 3.8) is 0 Å². The maximum Gasteiger partial charge on any atom is 0.410 e. The number of ether oxygens (including phenoxy) is 1. The first-order chi connectivity index (χ1) is 13.7. The normalized spacial score (nSPS) is 16.6. The summed E-state index contributed by atoms with van der Waals surface area (Å²) in [5.74, 6) is -0.499. The second-order valence-electron chi connectivity index (χ2n) is 8.90. The van der Waals surface area contributed by atoms with Crippen LogP contribution in [0.25, 0.3) is 10.9 Å². The summed E-state index contributed by atoms with van der Waals surface area (Å²) in [4.78, 5) is 30.0. The molecule has 1 atom stereocenters. The van der Waals surface area contributed by atoms with Crippen molar-refractivity contribution >= 4 is 23.0 Å². The molecule has 1 aromatic heterocycles. The Bertz CT molecular complexity index is 867. The second kappa shape index (κ2) is 8.80. The molecule has 0 radical (unpaired) electrons. The average molecular weight is 399 g/mol. The molecule has 0 aliphatic carbocycles. The number of carbonyl (C=O) groups excluding carboxylic acids is 1. The Balaban J connectivity index is 1.65. The fraction of sp³-hybridized carbons (Fsp3) is 0.522. The van der Waals surface area contributed by atoms with Crippen molar-refractivity contribution < 1.29 is 19.4 Å². The van der Waals surface area contributed by atoms with Gasteiger partial charge in [0, 0.05) is 24.7 Å². The number of likely N-dealkylation sites (tertiary alicyclic amines) is 1. The van der Waals surface area contributed by atoms with E-state index in [1.165, 1.54) is 0 Å². The maximum absolute atomic E-state index is 12.3. The summed E-state index contributed by atoms with van der Waals surface area (Å²) in [6.07, 6.45) is 4.14. The minimum Gasteiger partial charge on any atom is -0.481 e. The topological polar surface area (TPSA) is 79.7 Å². The van der Waals surface area contributed by atoms with Gasteiger partial charge in [-0.15, -0.1) is 0 Å². The van der Waals surface area contributed by atoms with Crippen LogP contribution in [-0.4, -0.2) is 45.7 Å². The third-order valence-electron chi connectivity index (χ3n) is 5.39. The number of rotatable bonds is 5. The summed E-state index contributed by atoms with van der Waals surface area (Å²) in [5, 5.41) is 10.4. The van der Waals surface area contributed by atoms with Gasteiger partial charge in [0.25, 0.3) is 0 Å². The van der Waals surface area contributed by atoms with Crippen LogP contribution in [0.3, 0.4) is 0 Å². The lowest BCUT2D eigenvalue weighted by Gasteiger charge is -2.34. The number of aromatic nitrogens is 1. The first-order valence-electron chi connectivity index (χ1n) is 10.3. The molecule has 6 heteroatoms. The second-order valence-corrected chi connectivity index (χ2v) is 8.90. The number of carbonyl (C=O) groups is 2. The van der Waals surface area contributed by atoms with Gasteiger partial charge in [-0.2, -0.15) is 0 Å². The Hall–Kier alpha value is -2.63. The van der Waals surface area contributed by atoms with Gasteiger partial charge >= 0.3 is 12.1 Å². The van der Waals surface area contributed by atoms with E-state index in [4.69, 9.17) is 4.74 Å². The van der Waals surface area contributed by atoms with E-state index in [0.29, 0.717) is 19.0 Å². The molecule has 156 valence electrons. The summed E-state index contributed by atoms with van der Waals surface area (Å²) in [6.45, 7) is 6.90. The van der Waals surface area contributed by atoms with Crippen LogP contribution in [0.1, 0.15) is 57.9 Å². The van der Waals surface area contributed by atoms with Crippen molar-refractivity contribution in [3.05, 3.63) is 42.1 Å². The van der Waals surface area contributed by atoms with Gasteiger partial charge in [-0.1, -0.05) is 18.2 Å². The molecule has 2 aromatic rings. The number of carboxylic acids is 1. The van der Waals surface area contributed by atoms with Crippen LogP contribution < -0.4 is 0 Å². The van der Waals surface area contributed by atoms with Crippen molar-refractivity contribution in [2.24, 2.45) is 5.92 Å². The van der Waals surface area contributed by atoms with E-state index >= 15 is 0 Å². The van der Waals surface area contributed by atoms with Crippen LogP contribution in [0, 0.1) is 5.92 Å². The van der Waals surface area contributed by atoms with E-state index in [0.717, 1.165) is 35.7 Å². The summed E-state index contributed by atoms with van der Waals surface area (Å²) in [7, 11) is 0. The highest BCUT2D eigenvalue weighted by molar-refractivity contribution is 5.79. The average Bonchev–Trinajstić information content (AvgIpc) is 2.66. The van der Waals surface area contributed by atoms with Crippen LogP contribution in [0.2, 0.25) is 0 Å².